The van der Waals surface area contributed by atoms with Crippen LogP contribution < -0.4 is 10.5 Å². The second-order valence-corrected chi connectivity index (χ2v) is 9.71. The van der Waals surface area contributed by atoms with Crippen molar-refractivity contribution in [3.8, 4) is 0 Å². The van der Waals surface area contributed by atoms with Crippen molar-refractivity contribution in [1.29, 1.82) is 0 Å². The molecular weight excluding hydrogens is 370 g/mol. The van der Waals surface area contributed by atoms with Gasteiger partial charge in [0.25, 0.3) is 0 Å². The third-order valence-corrected chi connectivity index (χ3v) is 5.59. The molecule has 0 aromatic heterocycles. The van der Waals surface area contributed by atoms with Crippen LogP contribution in [0.4, 0.5) is 4.79 Å². The highest BCUT2D eigenvalue weighted by atomic mass is 32.2. The first-order valence-corrected chi connectivity index (χ1v) is 10.5. The zero-order valence-electron chi connectivity index (χ0n) is 15.9. The molecule has 2 aliphatic rings. The van der Waals surface area contributed by atoms with Crippen molar-refractivity contribution < 1.29 is 22.7 Å². The average Bonchev–Trinajstić information content (AvgIpc) is 2.95. The van der Waals surface area contributed by atoms with Gasteiger partial charge in [-0.25, -0.2) is 18.4 Å². The van der Waals surface area contributed by atoms with E-state index in [2.05, 4.69) is 10.2 Å². The van der Waals surface area contributed by atoms with Crippen molar-refractivity contribution in [3.05, 3.63) is 29.3 Å². The van der Waals surface area contributed by atoms with Crippen molar-refractivity contribution in [1.82, 2.24) is 10.2 Å². The van der Waals surface area contributed by atoms with E-state index in [1.165, 1.54) is 0 Å². The lowest BCUT2D eigenvalue weighted by molar-refractivity contribution is -0.00782. The van der Waals surface area contributed by atoms with Crippen LogP contribution in [0.1, 0.15) is 38.3 Å². The molecule has 1 aromatic rings. The quantitative estimate of drug-likeness (QED) is 0.796. The minimum absolute atomic E-state index is 0.123. The van der Waals surface area contributed by atoms with Gasteiger partial charge in [0.1, 0.15) is 5.60 Å². The van der Waals surface area contributed by atoms with Crippen molar-refractivity contribution in [2.24, 2.45) is 5.14 Å². The normalized spacial score (nSPS) is 23.7. The van der Waals surface area contributed by atoms with Crippen LogP contribution in [-0.2, 0) is 32.6 Å². The van der Waals surface area contributed by atoms with Gasteiger partial charge in [-0.15, -0.1) is 0 Å². The van der Waals surface area contributed by atoms with Gasteiger partial charge >= 0.3 is 6.09 Å². The molecule has 2 atom stereocenters. The fourth-order valence-corrected chi connectivity index (χ4v) is 4.04. The Morgan fingerprint density at radius 1 is 1.26 bits per heavy atom. The van der Waals surface area contributed by atoms with Crippen LogP contribution in [-0.4, -0.2) is 50.3 Å². The molecule has 9 heteroatoms. The summed E-state index contributed by atoms with van der Waals surface area (Å²) in [4.78, 5) is 14.4. The summed E-state index contributed by atoms with van der Waals surface area (Å²) >= 11 is 0. The van der Waals surface area contributed by atoms with Gasteiger partial charge in [0.05, 0.1) is 24.2 Å². The van der Waals surface area contributed by atoms with E-state index in [4.69, 9.17) is 14.6 Å². The number of nitrogens with two attached hydrogens (primary N) is 1. The lowest BCUT2D eigenvalue weighted by atomic mass is 10.0. The molecule has 0 aliphatic carbocycles. The molecule has 0 bridgehead atoms. The Morgan fingerprint density at radius 3 is 2.63 bits per heavy atom. The Labute approximate surface area is 160 Å². The lowest BCUT2D eigenvalue weighted by Crippen LogP contribution is -2.50. The summed E-state index contributed by atoms with van der Waals surface area (Å²) in [6.07, 6.45) is 0.300. The molecule has 1 aromatic carbocycles. The Kier molecular flexibility index (Phi) is 5.49. The number of hydrogen-bond donors (Lipinski definition) is 2. The molecule has 1 amide bonds. The molecule has 1 fully saturated rings. The zero-order chi connectivity index (χ0) is 19.8. The summed E-state index contributed by atoms with van der Waals surface area (Å²) in [6.45, 7) is 7.84. The molecule has 8 nitrogen and oxygen atoms in total. The third-order valence-electron chi connectivity index (χ3n) is 4.68. The van der Waals surface area contributed by atoms with Crippen LogP contribution in [0.3, 0.4) is 0 Å². The van der Waals surface area contributed by atoms with Crippen molar-refractivity contribution in [2.45, 2.75) is 62.9 Å². The van der Waals surface area contributed by atoms with Gasteiger partial charge < -0.3 is 14.8 Å². The molecule has 0 spiro atoms. The maximum atomic E-state index is 12.0. The fourth-order valence-electron chi connectivity index (χ4n) is 3.47. The Bertz CT molecular complexity index is 819. The van der Waals surface area contributed by atoms with E-state index in [0.717, 1.165) is 17.5 Å². The number of primary sulfonamides is 1. The first-order chi connectivity index (χ1) is 12.5. The van der Waals surface area contributed by atoms with Crippen molar-refractivity contribution in [3.63, 3.8) is 0 Å². The van der Waals surface area contributed by atoms with E-state index in [9.17, 15) is 13.2 Å². The smallest absolute Gasteiger partial charge is 0.407 e. The molecule has 27 heavy (non-hydrogen) atoms. The van der Waals surface area contributed by atoms with Crippen LogP contribution in [0.2, 0.25) is 0 Å². The number of fused-ring (bicyclic) bond motifs is 1. The lowest BCUT2D eigenvalue weighted by Gasteiger charge is -2.35. The van der Waals surface area contributed by atoms with Gasteiger partial charge in [0, 0.05) is 19.1 Å². The van der Waals surface area contributed by atoms with E-state index in [1.54, 1.807) is 12.1 Å². The van der Waals surface area contributed by atoms with Crippen molar-refractivity contribution >= 4 is 16.1 Å². The fraction of sp³-hybridized carbons (Fsp3) is 0.611. The molecule has 0 unspecified atom stereocenters. The van der Waals surface area contributed by atoms with Crippen LogP contribution in [0.15, 0.2) is 23.1 Å². The summed E-state index contributed by atoms with van der Waals surface area (Å²) in [5, 5.41) is 8.09. The van der Waals surface area contributed by atoms with Gasteiger partial charge in [-0.2, -0.15) is 0 Å². The number of sulfonamides is 1. The van der Waals surface area contributed by atoms with E-state index in [1.807, 2.05) is 26.8 Å². The highest BCUT2D eigenvalue weighted by Crippen LogP contribution is 2.29. The van der Waals surface area contributed by atoms with Gasteiger partial charge in [0.2, 0.25) is 10.0 Å². The Balaban J connectivity index is 1.61. The molecule has 1 saturated heterocycles. The van der Waals surface area contributed by atoms with Gasteiger partial charge in [-0.3, -0.25) is 4.90 Å². The average molecular weight is 397 g/mol. The SMILES string of the molecule is CC(C)(C)OC(=O)N[C@@H]1COC[C@H](N2Cc3ccc(S(N)(=O)=O)cc3C2)C1. The number of alkyl carbamates (subject to hydrolysis) is 1. The molecule has 2 aliphatic heterocycles. The first-order valence-electron chi connectivity index (χ1n) is 8.97. The highest BCUT2D eigenvalue weighted by molar-refractivity contribution is 7.89. The Hall–Kier alpha value is -1.68. The molecule has 2 heterocycles. The predicted molar refractivity (Wildman–Crippen MR) is 99.4 cm³/mol. The molecule has 0 saturated carbocycles. The summed E-state index contributed by atoms with van der Waals surface area (Å²) in [5.74, 6) is 0. The first kappa shape index (κ1) is 20.1. The zero-order valence-corrected chi connectivity index (χ0v) is 16.7. The number of nitrogens with one attached hydrogen (secondary N) is 1. The standard InChI is InChI=1S/C18H27N3O5S/c1-18(2,3)26-17(22)20-14-7-15(11-25-10-14)21-8-12-4-5-16(27(19,23)24)6-13(12)9-21/h4-6,14-15H,7-11H2,1-3H3,(H,20,22)(H2,19,23,24)/t14-,15+/m0/s1. The van der Waals surface area contributed by atoms with E-state index >= 15 is 0 Å². The maximum absolute atomic E-state index is 12.0. The number of rotatable bonds is 3. The number of amides is 1. The topological polar surface area (TPSA) is 111 Å². The number of carbonyl (C=O) groups is 1. The van der Waals surface area contributed by atoms with Crippen LogP contribution in [0.25, 0.3) is 0 Å². The van der Waals surface area contributed by atoms with E-state index in [-0.39, 0.29) is 17.0 Å². The minimum atomic E-state index is -3.71. The van der Waals surface area contributed by atoms with Crippen LogP contribution >= 0.6 is 0 Å². The Morgan fingerprint density at radius 2 is 1.96 bits per heavy atom. The minimum Gasteiger partial charge on any atom is -0.444 e. The monoisotopic (exact) mass is 397 g/mol. The third kappa shape index (κ3) is 5.19. The van der Waals surface area contributed by atoms with E-state index < -0.39 is 21.7 Å². The van der Waals surface area contributed by atoms with E-state index in [0.29, 0.717) is 26.3 Å². The predicted octanol–water partition coefficient (Wildman–Crippen LogP) is 1.33. The second kappa shape index (κ2) is 7.38. The second-order valence-electron chi connectivity index (χ2n) is 8.15. The molecule has 3 N–H and O–H groups in total. The number of nitrogens with zero attached hydrogens (tertiary/aromatic N) is 1. The summed E-state index contributed by atoms with van der Waals surface area (Å²) < 4.78 is 34.1. The molecular formula is C18H27N3O5S. The van der Waals surface area contributed by atoms with Gasteiger partial charge in [0.15, 0.2) is 0 Å². The van der Waals surface area contributed by atoms with Crippen molar-refractivity contribution in [2.75, 3.05) is 13.2 Å². The molecule has 3 rings (SSSR count). The van der Waals surface area contributed by atoms with Gasteiger partial charge in [-0.05, 0) is 50.5 Å². The summed E-state index contributed by atoms with van der Waals surface area (Å²) in [6, 6.07) is 5.01. The number of hydrogen-bond acceptors (Lipinski definition) is 6. The number of carbonyl (C=O) groups excluding carboxylic acids is 1. The molecule has 150 valence electrons. The summed E-state index contributed by atoms with van der Waals surface area (Å²) in [7, 11) is -3.71. The largest absolute Gasteiger partial charge is 0.444 e. The number of benzene rings is 1. The maximum Gasteiger partial charge on any atom is 0.407 e. The van der Waals surface area contributed by atoms with Gasteiger partial charge in [-0.1, -0.05) is 6.07 Å². The summed E-state index contributed by atoms with van der Waals surface area (Å²) in [5.41, 5.74) is 1.50. The van der Waals surface area contributed by atoms with Crippen LogP contribution in [0.5, 0.6) is 0 Å². The molecule has 0 radical (unpaired) electrons. The number of ether oxygens (including phenoxy) is 2. The van der Waals surface area contributed by atoms with Crippen LogP contribution in [0, 0.1) is 0 Å². The highest BCUT2D eigenvalue weighted by Gasteiger charge is 2.32.